The molecule has 30 heavy (non-hydrogen) atoms. The summed E-state index contributed by atoms with van der Waals surface area (Å²) in [5, 5.41) is 2.98. The normalized spacial score (nSPS) is 17.5. The van der Waals surface area contributed by atoms with Gasteiger partial charge in [0.25, 0.3) is 5.91 Å². The van der Waals surface area contributed by atoms with Crippen molar-refractivity contribution in [2.45, 2.75) is 38.8 Å². The molecular formula is C24H29N3O3. The standard InChI is InChI=1S/C24H29N3O3/c1-18(26-14-12-19-5-2-3-6-20(19)16-26)15-25-23(28)17-30-22-10-8-21(9-11-22)27-13-4-7-24(27)29/h2-3,5-6,8-11,18H,4,7,12-17H2,1H3,(H,25,28)/t18-/m0/s1. The van der Waals surface area contributed by atoms with Crippen molar-refractivity contribution in [3.63, 3.8) is 0 Å². The van der Waals surface area contributed by atoms with Crippen LogP contribution in [-0.4, -0.2) is 49.0 Å². The number of rotatable bonds is 7. The Balaban J connectivity index is 1.20. The highest BCUT2D eigenvalue weighted by atomic mass is 16.5. The molecule has 1 fully saturated rings. The number of ether oxygens (including phenoxy) is 1. The smallest absolute Gasteiger partial charge is 0.257 e. The molecule has 0 aromatic heterocycles. The molecule has 0 saturated carbocycles. The Morgan fingerprint density at radius 1 is 1.07 bits per heavy atom. The van der Waals surface area contributed by atoms with E-state index < -0.39 is 0 Å². The van der Waals surface area contributed by atoms with Gasteiger partial charge in [0.15, 0.2) is 6.61 Å². The highest BCUT2D eigenvalue weighted by molar-refractivity contribution is 5.95. The van der Waals surface area contributed by atoms with E-state index >= 15 is 0 Å². The van der Waals surface area contributed by atoms with E-state index in [1.165, 1.54) is 11.1 Å². The van der Waals surface area contributed by atoms with E-state index in [0.29, 0.717) is 18.7 Å². The van der Waals surface area contributed by atoms with Crippen LogP contribution in [0.5, 0.6) is 5.75 Å². The first-order valence-electron chi connectivity index (χ1n) is 10.7. The molecule has 0 bridgehead atoms. The first kappa shape index (κ1) is 20.4. The quantitative estimate of drug-likeness (QED) is 0.767. The lowest BCUT2D eigenvalue weighted by Gasteiger charge is -2.33. The van der Waals surface area contributed by atoms with Crippen molar-refractivity contribution in [3.8, 4) is 5.75 Å². The van der Waals surface area contributed by atoms with Crippen LogP contribution in [0.2, 0.25) is 0 Å². The minimum Gasteiger partial charge on any atom is -0.484 e. The molecule has 1 saturated heterocycles. The molecule has 1 N–H and O–H groups in total. The van der Waals surface area contributed by atoms with E-state index in [4.69, 9.17) is 4.74 Å². The molecule has 0 unspecified atom stereocenters. The predicted molar refractivity (Wildman–Crippen MR) is 117 cm³/mol. The fourth-order valence-corrected chi connectivity index (χ4v) is 4.13. The van der Waals surface area contributed by atoms with E-state index in [1.54, 1.807) is 4.90 Å². The van der Waals surface area contributed by atoms with Crippen LogP contribution < -0.4 is 15.0 Å². The lowest BCUT2D eigenvalue weighted by molar-refractivity contribution is -0.123. The van der Waals surface area contributed by atoms with Crippen LogP contribution in [0.1, 0.15) is 30.9 Å². The number of hydrogen-bond donors (Lipinski definition) is 1. The fourth-order valence-electron chi connectivity index (χ4n) is 4.13. The third-order valence-electron chi connectivity index (χ3n) is 5.97. The molecule has 0 aliphatic carbocycles. The summed E-state index contributed by atoms with van der Waals surface area (Å²) >= 11 is 0. The maximum absolute atomic E-state index is 12.2. The van der Waals surface area contributed by atoms with E-state index in [0.717, 1.165) is 38.2 Å². The molecule has 2 aromatic rings. The van der Waals surface area contributed by atoms with Crippen molar-refractivity contribution >= 4 is 17.5 Å². The second kappa shape index (κ2) is 9.30. The molecule has 0 spiro atoms. The van der Waals surface area contributed by atoms with Crippen molar-refractivity contribution in [2.24, 2.45) is 0 Å². The SMILES string of the molecule is C[C@@H](CNC(=O)COc1ccc(N2CCCC2=O)cc1)N1CCc2ccccc2C1. The van der Waals surface area contributed by atoms with Gasteiger partial charge in [-0.25, -0.2) is 0 Å². The van der Waals surface area contributed by atoms with Crippen molar-refractivity contribution in [1.29, 1.82) is 0 Å². The fraction of sp³-hybridized carbons (Fsp3) is 0.417. The van der Waals surface area contributed by atoms with Gasteiger partial charge in [0.2, 0.25) is 5.91 Å². The van der Waals surface area contributed by atoms with Gasteiger partial charge in [-0.2, -0.15) is 0 Å². The average molecular weight is 408 g/mol. The maximum atomic E-state index is 12.2. The van der Waals surface area contributed by atoms with Crippen molar-refractivity contribution in [2.75, 3.05) is 31.1 Å². The Bertz CT molecular complexity index is 897. The highest BCUT2D eigenvalue weighted by Gasteiger charge is 2.22. The lowest BCUT2D eigenvalue weighted by atomic mass is 9.99. The number of nitrogens with zero attached hydrogens (tertiary/aromatic N) is 2. The second-order valence-corrected chi connectivity index (χ2v) is 8.07. The summed E-state index contributed by atoms with van der Waals surface area (Å²) in [6.45, 7) is 5.43. The number of benzene rings is 2. The third kappa shape index (κ3) is 4.82. The minimum absolute atomic E-state index is 0.0163. The highest BCUT2D eigenvalue weighted by Crippen LogP contribution is 2.24. The lowest BCUT2D eigenvalue weighted by Crippen LogP contribution is -2.45. The van der Waals surface area contributed by atoms with Crippen LogP contribution in [0, 0.1) is 0 Å². The van der Waals surface area contributed by atoms with Crippen LogP contribution >= 0.6 is 0 Å². The van der Waals surface area contributed by atoms with Crippen LogP contribution in [0.3, 0.4) is 0 Å². The Morgan fingerprint density at radius 3 is 2.57 bits per heavy atom. The summed E-state index contributed by atoms with van der Waals surface area (Å²) in [5.74, 6) is 0.661. The third-order valence-corrected chi connectivity index (χ3v) is 5.97. The summed E-state index contributed by atoms with van der Waals surface area (Å²) < 4.78 is 5.61. The van der Waals surface area contributed by atoms with Crippen molar-refractivity contribution in [1.82, 2.24) is 10.2 Å². The van der Waals surface area contributed by atoms with E-state index in [2.05, 4.69) is 41.4 Å². The zero-order valence-corrected chi connectivity index (χ0v) is 17.5. The first-order valence-corrected chi connectivity index (χ1v) is 10.7. The summed E-state index contributed by atoms with van der Waals surface area (Å²) in [5.41, 5.74) is 3.69. The van der Waals surface area contributed by atoms with Crippen molar-refractivity contribution in [3.05, 3.63) is 59.7 Å². The number of amides is 2. The molecule has 2 aromatic carbocycles. The number of carbonyl (C=O) groups excluding carboxylic acids is 2. The molecule has 1 atom stereocenters. The van der Waals surface area contributed by atoms with Gasteiger partial charge in [-0.15, -0.1) is 0 Å². The zero-order chi connectivity index (χ0) is 20.9. The van der Waals surface area contributed by atoms with E-state index in [1.807, 2.05) is 24.3 Å². The van der Waals surface area contributed by atoms with Gasteiger partial charge in [0, 0.05) is 44.3 Å². The molecule has 158 valence electrons. The molecule has 6 heteroatoms. The number of hydrogen-bond acceptors (Lipinski definition) is 4. The van der Waals surface area contributed by atoms with Gasteiger partial charge < -0.3 is 15.0 Å². The molecule has 2 aliphatic heterocycles. The topological polar surface area (TPSA) is 61.9 Å². The van der Waals surface area contributed by atoms with Crippen LogP contribution in [0.15, 0.2) is 48.5 Å². The summed E-state index contributed by atoms with van der Waals surface area (Å²) in [4.78, 5) is 28.2. The Kier molecular flexibility index (Phi) is 6.33. The summed E-state index contributed by atoms with van der Waals surface area (Å²) in [6, 6.07) is 16.2. The monoisotopic (exact) mass is 407 g/mol. The molecule has 4 rings (SSSR count). The largest absolute Gasteiger partial charge is 0.484 e. The molecule has 6 nitrogen and oxygen atoms in total. The van der Waals surface area contributed by atoms with Crippen LogP contribution in [0.4, 0.5) is 5.69 Å². The zero-order valence-electron chi connectivity index (χ0n) is 17.5. The Hall–Kier alpha value is -2.86. The Labute approximate surface area is 177 Å². The second-order valence-electron chi connectivity index (χ2n) is 8.07. The van der Waals surface area contributed by atoms with Gasteiger partial charge in [-0.1, -0.05) is 24.3 Å². The number of carbonyl (C=O) groups is 2. The van der Waals surface area contributed by atoms with E-state index in [9.17, 15) is 9.59 Å². The molecule has 2 aliphatic rings. The van der Waals surface area contributed by atoms with Crippen LogP contribution in [-0.2, 0) is 22.6 Å². The van der Waals surface area contributed by atoms with Crippen molar-refractivity contribution < 1.29 is 14.3 Å². The van der Waals surface area contributed by atoms with Crippen LogP contribution in [0.25, 0.3) is 0 Å². The average Bonchev–Trinajstić information content (AvgIpc) is 3.21. The van der Waals surface area contributed by atoms with Gasteiger partial charge >= 0.3 is 0 Å². The number of nitrogens with one attached hydrogen (secondary N) is 1. The van der Waals surface area contributed by atoms with Gasteiger partial charge in [0.1, 0.15) is 5.75 Å². The number of fused-ring (bicyclic) bond motifs is 1. The van der Waals surface area contributed by atoms with Gasteiger partial charge in [-0.3, -0.25) is 14.5 Å². The summed E-state index contributed by atoms with van der Waals surface area (Å²) in [6.07, 6.45) is 2.57. The predicted octanol–water partition coefficient (Wildman–Crippen LogP) is 2.76. The number of anilines is 1. The minimum atomic E-state index is -0.127. The van der Waals surface area contributed by atoms with Gasteiger partial charge in [-0.05, 0) is 55.2 Å². The summed E-state index contributed by atoms with van der Waals surface area (Å²) in [7, 11) is 0. The first-order chi connectivity index (χ1) is 14.6. The maximum Gasteiger partial charge on any atom is 0.257 e. The molecule has 2 amide bonds. The van der Waals surface area contributed by atoms with E-state index in [-0.39, 0.29) is 24.5 Å². The molecule has 0 radical (unpaired) electrons. The Morgan fingerprint density at radius 2 is 1.83 bits per heavy atom. The molecule has 2 heterocycles. The van der Waals surface area contributed by atoms with Gasteiger partial charge in [0.05, 0.1) is 0 Å². The molecular weight excluding hydrogens is 378 g/mol.